The van der Waals surface area contributed by atoms with Crippen molar-refractivity contribution in [2.75, 3.05) is 6.54 Å². The van der Waals surface area contributed by atoms with Crippen molar-refractivity contribution in [1.82, 2.24) is 4.90 Å². The minimum Gasteiger partial charge on any atom is -0.326 e. The zero-order valence-corrected chi connectivity index (χ0v) is 9.96. The molecule has 2 fully saturated rings. The molecule has 2 N–H and O–H groups in total. The van der Waals surface area contributed by atoms with Crippen LogP contribution in [0.3, 0.4) is 0 Å². The third-order valence-electron chi connectivity index (χ3n) is 3.55. The van der Waals surface area contributed by atoms with Crippen LogP contribution in [0, 0.1) is 6.92 Å². The first kappa shape index (κ1) is 9.82. The number of nitrogens with two attached hydrogens (primary N) is 1. The molecule has 0 amide bonds. The van der Waals surface area contributed by atoms with Crippen molar-refractivity contribution in [3.05, 3.63) is 21.9 Å². The van der Waals surface area contributed by atoms with E-state index in [1.54, 1.807) is 0 Å². The Hall–Kier alpha value is -0.380. The van der Waals surface area contributed by atoms with E-state index in [0.717, 1.165) is 12.5 Å². The van der Waals surface area contributed by atoms with Gasteiger partial charge in [0, 0.05) is 28.4 Å². The number of nitrogens with zero attached hydrogens (tertiary/aromatic N) is 1. The fourth-order valence-electron chi connectivity index (χ4n) is 2.64. The summed E-state index contributed by atoms with van der Waals surface area (Å²) in [4.78, 5) is 5.51. The van der Waals surface area contributed by atoms with Crippen LogP contribution in [0.4, 0.5) is 0 Å². The Morgan fingerprint density at radius 1 is 1.33 bits per heavy atom. The summed E-state index contributed by atoms with van der Waals surface area (Å²) in [5, 5.41) is 0. The minimum atomic E-state index is 0.351. The van der Waals surface area contributed by atoms with E-state index < -0.39 is 0 Å². The number of aryl methyl sites for hydroxylation is 1. The Bertz CT molecular complexity index is 356. The summed E-state index contributed by atoms with van der Waals surface area (Å²) in [6.45, 7) is 3.38. The van der Waals surface area contributed by atoms with Gasteiger partial charge >= 0.3 is 0 Å². The highest BCUT2D eigenvalue weighted by Crippen LogP contribution is 2.42. The second-order valence-electron chi connectivity index (χ2n) is 4.81. The molecule has 0 radical (unpaired) electrons. The largest absolute Gasteiger partial charge is 0.326 e. The van der Waals surface area contributed by atoms with Crippen molar-refractivity contribution in [3.63, 3.8) is 0 Å². The van der Waals surface area contributed by atoms with Gasteiger partial charge in [0.25, 0.3) is 0 Å². The van der Waals surface area contributed by atoms with Crippen LogP contribution in [-0.4, -0.2) is 23.5 Å². The van der Waals surface area contributed by atoms with Crippen LogP contribution in [0.15, 0.2) is 12.1 Å². The van der Waals surface area contributed by atoms with Gasteiger partial charge in [-0.25, -0.2) is 0 Å². The van der Waals surface area contributed by atoms with E-state index in [9.17, 15) is 0 Å². The second-order valence-corrected chi connectivity index (χ2v) is 6.13. The molecule has 82 valence electrons. The van der Waals surface area contributed by atoms with E-state index in [0.29, 0.717) is 12.1 Å². The van der Waals surface area contributed by atoms with Crippen LogP contribution in [0.25, 0.3) is 0 Å². The smallest absolute Gasteiger partial charge is 0.0596 e. The molecule has 1 saturated carbocycles. The third-order valence-corrected chi connectivity index (χ3v) is 4.62. The first-order chi connectivity index (χ1) is 7.25. The summed E-state index contributed by atoms with van der Waals surface area (Å²) in [7, 11) is 0. The van der Waals surface area contributed by atoms with Crippen LogP contribution in [0.5, 0.6) is 0 Å². The lowest BCUT2D eigenvalue weighted by Crippen LogP contribution is -2.32. The van der Waals surface area contributed by atoms with E-state index in [-0.39, 0.29) is 0 Å². The molecule has 2 nitrogen and oxygen atoms in total. The normalized spacial score (nSPS) is 32.4. The highest BCUT2D eigenvalue weighted by molar-refractivity contribution is 7.12. The zero-order chi connectivity index (χ0) is 10.4. The first-order valence-corrected chi connectivity index (χ1v) is 6.65. The Morgan fingerprint density at radius 3 is 2.73 bits per heavy atom. The topological polar surface area (TPSA) is 29.3 Å². The maximum Gasteiger partial charge on any atom is 0.0596 e. The van der Waals surface area contributed by atoms with E-state index in [1.165, 1.54) is 29.1 Å². The van der Waals surface area contributed by atoms with E-state index in [2.05, 4.69) is 24.0 Å². The van der Waals surface area contributed by atoms with Crippen molar-refractivity contribution < 1.29 is 0 Å². The van der Waals surface area contributed by atoms with Crippen molar-refractivity contribution in [3.8, 4) is 0 Å². The Kier molecular flexibility index (Phi) is 2.34. The average molecular weight is 222 g/mol. The van der Waals surface area contributed by atoms with Crippen molar-refractivity contribution in [2.24, 2.45) is 5.73 Å². The van der Waals surface area contributed by atoms with Crippen LogP contribution in [0.2, 0.25) is 0 Å². The summed E-state index contributed by atoms with van der Waals surface area (Å²) in [6.07, 6.45) is 3.93. The van der Waals surface area contributed by atoms with Gasteiger partial charge in [0.1, 0.15) is 0 Å². The molecule has 1 aliphatic heterocycles. The molecular weight excluding hydrogens is 204 g/mol. The van der Waals surface area contributed by atoms with Crippen molar-refractivity contribution in [1.29, 1.82) is 0 Å². The number of hydrogen-bond acceptors (Lipinski definition) is 3. The molecule has 0 spiro atoms. The van der Waals surface area contributed by atoms with Gasteiger partial charge in [0.05, 0.1) is 6.04 Å². The predicted octanol–water partition coefficient (Wildman–Crippen LogP) is 2.29. The molecule has 2 unspecified atom stereocenters. The molecule has 2 heterocycles. The maximum atomic E-state index is 6.24. The highest BCUT2D eigenvalue weighted by Gasteiger charge is 2.41. The van der Waals surface area contributed by atoms with Gasteiger partial charge in [-0.15, -0.1) is 11.3 Å². The van der Waals surface area contributed by atoms with Gasteiger partial charge in [0.15, 0.2) is 0 Å². The molecular formula is C12H18N2S. The lowest BCUT2D eigenvalue weighted by molar-refractivity contribution is 0.240. The summed E-state index contributed by atoms with van der Waals surface area (Å²) < 4.78 is 0. The standard InChI is InChI=1S/C12H18N2S/c1-8-2-5-11(15-8)12-10(13)6-7-14(12)9-3-4-9/h2,5,9-10,12H,3-4,6-7,13H2,1H3. The molecule has 1 saturated heterocycles. The first-order valence-electron chi connectivity index (χ1n) is 5.83. The van der Waals surface area contributed by atoms with Crippen LogP contribution < -0.4 is 5.73 Å². The van der Waals surface area contributed by atoms with E-state index >= 15 is 0 Å². The molecule has 1 aromatic rings. The lowest BCUT2D eigenvalue weighted by atomic mass is 10.1. The number of likely N-dealkylation sites (tertiary alicyclic amines) is 1. The quantitative estimate of drug-likeness (QED) is 0.832. The molecule has 15 heavy (non-hydrogen) atoms. The molecule has 3 rings (SSSR count). The number of hydrogen-bond donors (Lipinski definition) is 1. The average Bonchev–Trinajstić information content (AvgIpc) is 2.86. The van der Waals surface area contributed by atoms with Crippen LogP contribution in [-0.2, 0) is 0 Å². The predicted molar refractivity (Wildman–Crippen MR) is 64.1 cm³/mol. The number of rotatable bonds is 2. The van der Waals surface area contributed by atoms with Gasteiger partial charge in [-0.2, -0.15) is 0 Å². The third kappa shape index (κ3) is 1.73. The van der Waals surface area contributed by atoms with Gasteiger partial charge in [-0.1, -0.05) is 0 Å². The fourth-order valence-corrected chi connectivity index (χ4v) is 3.72. The van der Waals surface area contributed by atoms with Gasteiger partial charge < -0.3 is 5.73 Å². The van der Waals surface area contributed by atoms with Crippen molar-refractivity contribution >= 4 is 11.3 Å². The van der Waals surface area contributed by atoms with Gasteiger partial charge in [0.2, 0.25) is 0 Å². The van der Waals surface area contributed by atoms with E-state index in [1.807, 2.05) is 11.3 Å². The highest BCUT2D eigenvalue weighted by atomic mass is 32.1. The zero-order valence-electron chi connectivity index (χ0n) is 9.15. The number of thiophene rings is 1. The summed E-state index contributed by atoms with van der Waals surface area (Å²) in [5.74, 6) is 0. The summed E-state index contributed by atoms with van der Waals surface area (Å²) in [5.41, 5.74) is 6.24. The Labute approximate surface area is 95.1 Å². The molecule has 3 heteroatoms. The molecule has 2 atom stereocenters. The second kappa shape index (κ2) is 3.58. The van der Waals surface area contributed by atoms with Crippen molar-refractivity contribution in [2.45, 2.75) is 44.3 Å². The van der Waals surface area contributed by atoms with Crippen LogP contribution >= 0.6 is 11.3 Å². The molecule has 2 aliphatic rings. The molecule has 1 aliphatic carbocycles. The lowest BCUT2D eigenvalue weighted by Gasteiger charge is -2.25. The Morgan fingerprint density at radius 2 is 2.13 bits per heavy atom. The van der Waals surface area contributed by atoms with E-state index in [4.69, 9.17) is 5.73 Å². The maximum absolute atomic E-state index is 6.24. The fraction of sp³-hybridized carbons (Fsp3) is 0.667. The minimum absolute atomic E-state index is 0.351. The summed E-state index contributed by atoms with van der Waals surface area (Å²) >= 11 is 1.92. The Balaban J connectivity index is 1.87. The summed E-state index contributed by atoms with van der Waals surface area (Å²) in [6, 6.07) is 6.19. The monoisotopic (exact) mass is 222 g/mol. The molecule has 0 aromatic carbocycles. The molecule has 1 aromatic heterocycles. The van der Waals surface area contributed by atoms with Gasteiger partial charge in [-0.05, 0) is 38.3 Å². The van der Waals surface area contributed by atoms with Gasteiger partial charge in [-0.3, -0.25) is 4.90 Å². The van der Waals surface area contributed by atoms with Crippen LogP contribution in [0.1, 0.15) is 35.1 Å². The SMILES string of the molecule is Cc1ccc(C2C(N)CCN2C2CC2)s1. The molecule has 0 bridgehead atoms.